The van der Waals surface area contributed by atoms with E-state index >= 15 is 0 Å². The third-order valence-corrected chi connectivity index (χ3v) is 9.13. The van der Waals surface area contributed by atoms with Crippen LogP contribution in [0.4, 0.5) is 0 Å². The van der Waals surface area contributed by atoms with Gasteiger partial charge < -0.3 is 9.47 Å². The maximum absolute atomic E-state index is 13.4. The van der Waals surface area contributed by atoms with Gasteiger partial charge in [-0.1, -0.05) is 79.3 Å². The van der Waals surface area contributed by atoms with E-state index in [-0.39, 0.29) is 18.1 Å². The van der Waals surface area contributed by atoms with Crippen molar-refractivity contribution >= 4 is 92.4 Å². The van der Waals surface area contributed by atoms with Crippen molar-refractivity contribution in [2.45, 2.75) is 32.8 Å². The molecule has 4 aromatic rings. The summed E-state index contributed by atoms with van der Waals surface area (Å²) in [6, 6.07) is 13.0. The second-order valence-electron chi connectivity index (χ2n) is 8.45. The van der Waals surface area contributed by atoms with E-state index in [1.807, 2.05) is 44.2 Å². The molecular formula is C27H22Br4ClN3O3. The van der Waals surface area contributed by atoms with E-state index in [0.717, 1.165) is 25.4 Å². The molecule has 0 aliphatic heterocycles. The lowest BCUT2D eigenvalue weighted by atomic mass is 10.1. The van der Waals surface area contributed by atoms with Crippen molar-refractivity contribution in [1.82, 2.24) is 9.66 Å². The molecule has 0 fully saturated rings. The molecule has 0 aliphatic carbocycles. The molecule has 1 aromatic heterocycles. The minimum atomic E-state index is -0.253. The van der Waals surface area contributed by atoms with Gasteiger partial charge in [0.05, 0.1) is 24.2 Å². The Morgan fingerprint density at radius 1 is 1.11 bits per heavy atom. The van der Waals surface area contributed by atoms with Crippen LogP contribution in [0.25, 0.3) is 10.9 Å². The predicted molar refractivity (Wildman–Crippen MR) is 167 cm³/mol. The van der Waals surface area contributed by atoms with Crippen molar-refractivity contribution in [3.05, 3.63) is 92.7 Å². The summed E-state index contributed by atoms with van der Waals surface area (Å²) >= 11 is 20.7. The van der Waals surface area contributed by atoms with Crippen molar-refractivity contribution in [2.75, 3.05) is 7.11 Å². The maximum atomic E-state index is 13.4. The molecule has 4 rings (SSSR count). The van der Waals surface area contributed by atoms with Gasteiger partial charge in [0, 0.05) is 34.9 Å². The van der Waals surface area contributed by atoms with Gasteiger partial charge >= 0.3 is 0 Å². The number of nitrogens with zero attached hydrogens (tertiary/aromatic N) is 3. The first-order valence-corrected chi connectivity index (χ1v) is 15.1. The summed E-state index contributed by atoms with van der Waals surface area (Å²) < 4.78 is 16.2. The Kier molecular flexibility index (Phi) is 9.73. The van der Waals surface area contributed by atoms with Crippen molar-refractivity contribution in [3.8, 4) is 11.5 Å². The topological polar surface area (TPSA) is 65.7 Å². The van der Waals surface area contributed by atoms with Crippen LogP contribution in [-0.4, -0.2) is 23.0 Å². The van der Waals surface area contributed by atoms with Gasteiger partial charge in [-0.25, -0.2) is 4.98 Å². The minimum Gasteiger partial charge on any atom is -0.493 e. The molecule has 0 aliphatic rings. The summed E-state index contributed by atoms with van der Waals surface area (Å²) in [4.78, 5) is 18.2. The van der Waals surface area contributed by atoms with Crippen LogP contribution in [0.3, 0.4) is 0 Å². The molecule has 198 valence electrons. The summed E-state index contributed by atoms with van der Waals surface area (Å²) in [5.74, 6) is 1.42. The number of hydrogen-bond acceptors (Lipinski definition) is 5. The van der Waals surface area contributed by atoms with E-state index < -0.39 is 0 Å². The van der Waals surface area contributed by atoms with Crippen LogP contribution in [-0.2, 0) is 6.61 Å². The molecule has 1 atom stereocenters. The van der Waals surface area contributed by atoms with Gasteiger partial charge in [-0.15, -0.1) is 0 Å². The molecule has 6 nitrogen and oxygen atoms in total. The van der Waals surface area contributed by atoms with Crippen molar-refractivity contribution in [1.29, 1.82) is 0 Å². The number of ether oxygens (including phenoxy) is 2. The van der Waals surface area contributed by atoms with Crippen LogP contribution in [0.1, 0.15) is 43.1 Å². The van der Waals surface area contributed by atoms with E-state index in [1.165, 1.54) is 4.68 Å². The summed E-state index contributed by atoms with van der Waals surface area (Å²) in [6.07, 6.45) is 2.36. The number of halogens is 5. The molecule has 3 aromatic carbocycles. The number of methoxy groups -OCH3 is 1. The first kappa shape index (κ1) is 29.3. The van der Waals surface area contributed by atoms with E-state index in [1.54, 1.807) is 25.5 Å². The first-order valence-electron chi connectivity index (χ1n) is 11.5. The Morgan fingerprint density at radius 3 is 2.50 bits per heavy atom. The molecule has 0 unspecified atom stereocenters. The highest BCUT2D eigenvalue weighted by atomic mass is 79.9. The molecule has 0 amide bonds. The Hall–Kier alpha value is -1.72. The quantitative estimate of drug-likeness (QED) is 0.167. The lowest BCUT2D eigenvalue weighted by Crippen LogP contribution is -2.23. The Balaban J connectivity index is 1.74. The van der Waals surface area contributed by atoms with Crippen LogP contribution in [0.5, 0.6) is 11.5 Å². The molecule has 0 N–H and O–H groups in total. The fourth-order valence-corrected chi connectivity index (χ4v) is 5.85. The normalized spacial score (nSPS) is 12.3. The van der Waals surface area contributed by atoms with Crippen LogP contribution in [0.2, 0.25) is 5.02 Å². The van der Waals surface area contributed by atoms with E-state index in [0.29, 0.717) is 43.3 Å². The molecule has 0 saturated carbocycles. The average molecular weight is 792 g/mol. The largest absolute Gasteiger partial charge is 0.493 e. The van der Waals surface area contributed by atoms with Crippen molar-refractivity contribution in [3.63, 3.8) is 0 Å². The molecule has 0 radical (unpaired) electrons. The molecule has 1 heterocycles. The molecule has 11 heteroatoms. The summed E-state index contributed by atoms with van der Waals surface area (Å²) in [5.41, 5.74) is 1.93. The number of hydrogen-bond donors (Lipinski definition) is 0. The fraction of sp³-hybridized carbons (Fsp3) is 0.222. The van der Waals surface area contributed by atoms with Crippen molar-refractivity contribution < 1.29 is 9.47 Å². The summed E-state index contributed by atoms with van der Waals surface area (Å²) in [7, 11) is 1.54. The third kappa shape index (κ3) is 6.20. The average Bonchev–Trinajstić information content (AvgIpc) is 2.90. The molecule has 0 spiro atoms. The molecule has 0 bridgehead atoms. The molecular weight excluding hydrogens is 769 g/mol. The highest BCUT2D eigenvalue weighted by molar-refractivity contribution is 9.11. The highest BCUT2D eigenvalue weighted by Gasteiger charge is 2.19. The molecule has 0 saturated heterocycles. The number of rotatable bonds is 8. The maximum Gasteiger partial charge on any atom is 0.282 e. The second-order valence-corrected chi connectivity index (χ2v) is 12.3. The van der Waals surface area contributed by atoms with Crippen molar-refractivity contribution in [2.24, 2.45) is 5.10 Å². The number of benzene rings is 3. The summed E-state index contributed by atoms with van der Waals surface area (Å²) in [6.45, 7) is 4.34. The van der Waals surface area contributed by atoms with E-state index in [9.17, 15) is 4.79 Å². The highest BCUT2D eigenvalue weighted by Crippen LogP contribution is 2.42. The van der Waals surface area contributed by atoms with Crippen LogP contribution < -0.4 is 15.0 Å². The first-order chi connectivity index (χ1) is 18.1. The van der Waals surface area contributed by atoms with Gasteiger partial charge in [0.25, 0.3) is 5.56 Å². The van der Waals surface area contributed by atoms with Crippen LogP contribution in [0.15, 0.2) is 70.3 Å². The Bertz CT molecular complexity index is 1610. The summed E-state index contributed by atoms with van der Waals surface area (Å²) in [5, 5.41) is 5.35. The minimum absolute atomic E-state index is 0.0168. The number of aromatic nitrogens is 2. The van der Waals surface area contributed by atoms with Gasteiger partial charge in [0.2, 0.25) is 0 Å². The Labute approximate surface area is 258 Å². The predicted octanol–water partition coefficient (Wildman–Crippen LogP) is 9.08. The lowest BCUT2D eigenvalue weighted by molar-refractivity contribution is 0.284. The SMILES string of the molecule is CC[C@@H](C)c1nc2ccc(Br)cc2c(=O)n1N=Cc1cc(OC)c(OCc2ccc(Br)cc2Br)c(Cl)c1Br. The zero-order valence-electron chi connectivity index (χ0n) is 20.6. The third-order valence-electron chi connectivity index (χ3n) is 5.96. The monoisotopic (exact) mass is 787 g/mol. The van der Waals surface area contributed by atoms with Crippen LogP contribution >= 0.6 is 75.3 Å². The number of fused-ring (bicyclic) bond motifs is 1. The zero-order chi connectivity index (χ0) is 27.6. The lowest BCUT2D eigenvalue weighted by Gasteiger charge is -2.16. The Morgan fingerprint density at radius 2 is 1.82 bits per heavy atom. The standard InChI is InChI=1S/C27H22Br4ClN3O3/c1-4-14(2)26-34-21-8-7-17(28)10-19(21)27(36)35(26)33-12-16-9-22(37-3)25(24(32)23(16)31)38-13-15-5-6-18(29)11-20(15)30/h5-12,14H,4,13H2,1-3H3/t14-/m1/s1. The van der Waals surface area contributed by atoms with Gasteiger partial charge in [-0.05, 0) is 58.7 Å². The fourth-order valence-electron chi connectivity index (χ4n) is 3.67. The van der Waals surface area contributed by atoms with Gasteiger partial charge in [0.1, 0.15) is 17.5 Å². The van der Waals surface area contributed by atoms with Gasteiger partial charge in [-0.3, -0.25) is 4.79 Å². The smallest absolute Gasteiger partial charge is 0.282 e. The van der Waals surface area contributed by atoms with Gasteiger partial charge in [-0.2, -0.15) is 9.78 Å². The van der Waals surface area contributed by atoms with Gasteiger partial charge in [0.15, 0.2) is 11.5 Å². The zero-order valence-corrected chi connectivity index (χ0v) is 27.7. The van der Waals surface area contributed by atoms with Crippen LogP contribution in [0, 0.1) is 0 Å². The molecule has 38 heavy (non-hydrogen) atoms. The second kappa shape index (κ2) is 12.6. The van der Waals surface area contributed by atoms with E-state index in [2.05, 4.69) is 68.8 Å². The van der Waals surface area contributed by atoms with E-state index in [4.69, 9.17) is 26.1 Å².